The minimum atomic E-state index is 0.538. The molecular formula is C15H14. The summed E-state index contributed by atoms with van der Waals surface area (Å²) in [5.74, 6) is 0.538. The van der Waals surface area contributed by atoms with Gasteiger partial charge in [-0.05, 0) is 24.5 Å². The second-order valence-electron chi connectivity index (χ2n) is 4.32. The van der Waals surface area contributed by atoms with Crippen LogP contribution in [-0.4, -0.2) is 0 Å². The zero-order chi connectivity index (χ0) is 10.3. The van der Waals surface area contributed by atoms with Gasteiger partial charge in [0.05, 0.1) is 0 Å². The highest BCUT2D eigenvalue weighted by molar-refractivity contribution is 5.68. The fourth-order valence-corrected chi connectivity index (χ4v) is 2.65. The molecule has 0 nitrogen and oxygen atoms in total. The molecule has 0 heterocycles. The van der Waals surface area contributed by atoms with Crippen molar-refractivity contribution >= 4 is 6.08 Å². The van der Waals surface area contributed by atoms with Gasteiger partial charge in [-0.25, -0.2) is 0 Å². The molecule has 0 fully saturated rings. The maximum absolute atomic E-state index is 2.32. The van der Waals surface area contributed by atoms with E-state index in [9.17, 15) is 0 Å². The van der Waals surface area contributed by atoms with Gasteiger partial charge in [-0.1, -0.05) is 59.7 Å². The lowest BCUT2D eigenvalue weighted by molar-refractivity contribution is 0.919. The molecule has 0 aliphatic heterocycles. The van der Waals surface area contributed by atoms with Gasteiger partial charge in [0, 0.05) is 5.92 Å². The van der Waals surface area contributed by atoms with Crippen molar-refractivity contribution in [1.82, 2.24) is 0 Å². The average Bonchev–Trinajstić information content (AvgIpc) is 2.82. The molecule has 2 aliphatic rings. The Morgan fingerprint density at radius 1 is 1.20 bits per heavy atom. The number of allylic oxidation sites excluding steroid dienone is 5. The van der Waals surface area contributed by atoms with Crippen LogP contribution in [-0.2, 0) is 0 Å². The summed E-state index contributed by atoms with van der Waals surface area (Å²) in [5.41, 5.74) is 5.89. The van der Waals surface area contributed by atoms with E-state index in [0.29, 0.717) is 5.92 Å². The van der Waals surface area contributed by atoms with Crippen LogP contribution in [0.1, 0.15) is 30.4 Å². The molecule has 1 unspecified atom stereocenters. The van der Waals surface area contributed by atoms with E-state index in [1.165, 1.54) is 22.3 Å². The molecule has 15 heavy (non-hydrogen) atoms. The van der Waals surface area contributed by atoms with Crippen LogP contribution in [0.5, 0.6) is 0 Å². The van der Waals surface area contributed by atoms with Gasteiger partial charge in [-0.15, -0.1) is 0 Å². The smallest absolute Gasteiger partial charge is 0.0270 e. The molecule has 0 radical (unpaired) electrons. The first-order valence-corrected chi connectivity index (χ1v) is 5.49. The Morgan fingerprint density at radius 3 is 2.87 bits per heavy atom. The van der Waals surface area contributed by atoms with Crippen LogP contribution in [0.25, 0.3) is 6.08 Å². The Hall–Kier alpha value is -1.56. The third-order valence-electron chi connectivity index (χ3n) is 3.32. The van der Waals surface area contributed by atoms with Crippen molar-refractivity contribution < 1.29 is 0 Å². The normalized spacial score (nSPS) is 22.6. The van der Waals surface area contributed by atoms with E-state index in [0.717, 1.165) is 6.42 Å². The molecule has 1 atom stereocenters. The van der Waals surface area contributed by atoms with Crippen molar-refractivity contribution in [3.63, 3.8) is 0 Å². The molecule has 0 saturated heterocycles. The molecule has 1 aromatic rings. The summed E-state index contributed by atoms with van der Waals surface area (Å²) in [6.45, 7) is 2.24. The van der Waals surface area contributed by atoms with E-state index >= 15 is 0 Å². The monoisotopic (exact) mass is 194 g/mol. The van der Waals surface area contributed by atoms with Gasteiger partial charge in [0.1, 0.15) is 0 Å². The van der Waals surface area contributed by atoms with Crippen LogP contribution >= 0.6 is 0 Å². The summed E-state index contributed by atoms with van der Waals surface area (Å²) in [6.07, 6.45) is 10.1. The number of fused-ring (bicyclic) bond motifs is 1. The predicted octanol–water partition coefficient (Wildman–Crippen LogP) is 4.07. The third-order valence-corrected chi connectivity index (χ3v) is 3.32. The molecule has 0 aromatic heterocycles. The van der Waals surface area contributed by atoms with Crippen LogP contribution in [0.3, 0.4) is 0 Å². The van der Waals surface area contributed by atoms with Gasteiger partial charge in [0.25, 0.3) is 0 Å². The zero-order valence-electron chi connectivity index (χ0n) is 8.90. The molecule has 0 N–H and O–H groups in total. The van der Waals surface area contributed by atoms with E-state index in [-0.39, 0.29) is 0 Å². The van der Waals surface area contributed by atoms with Crippen LogP contribution < -0.4 is 0 Å². The summed E-state index contributed by atoms with van der Waals surface area (Å²) in [7, 11) is 0. The summed E-state index contributed by atoms with van der Waals surface area (Å²) < 4.78 is 0. The van der Waals surface area contributed by atoms with Crippen LogP contribution in [0.4, 0.5) is 0 Å². The maximum Gasteiger partial charge on any atom is 0.0270 e. The molecule has 0 amide bonds. The average molecular weight is 194 g/mol. The summed E-state index contributed by atoms with van der Waals surface area (Å²) in [5, 5.41) is 0. The van der Waals surface area contributed by atoms with E-state index in [2.05, 4.69) is 55.5 Å². The molecular weight excluding hydrogens is 180 g/mol. The number of benzene rings is 1. The summed E-state index contributed by atoms with van der Waals surface area (Å²) in [4.78, 5) is 0. The molecule has 0 saturated carbocycles. The second kappa shape index (κ2) is 3.23. The van der Waals surface area contributed by atoms with Crippen LogP contribution in [0, 0.1) is 0 Å². The highest BCUT2D eigenvalue weighted by Crippen LogP contribution is 2.42. The van der Waals surface area contributed by atoms with Gasteiger partial charge in [-0.3, -0.25) is 0 Å². The summed E-state index contributed by atoms with van der Waals surface area (Å²) >= 11 is 0. The lowest BCUT2D eigenvalue weighted by atomic mass is 9.88. The van der Waals surface area contributed by atoms with Crippen molar-refractivity contribution in [3.05, 3.63) is 64.8 Å². The van der Waals surface area contributed by atoms with Crippen molar-refractivity contribution in [1.29, 1.82) is 0 Å². The Balaban J connectivity index is 2.07. The topological polar surface area (TPSA) is 0 Å². The standard InChI is InChI=1S/C15H14/c1-11-10-13-8-4-5-9-14(13)15(11)12-6-2-3-7-12/h2-6,8-10,15H,7H2,1H3. The first-order valence-electron chi connectivity index (χ1n) is 5.49. The Labute approximate surface area is 90.6 Å². The molecule has 0 spiro atoms. The quantitative estimate of drug-likeness (QED) is 0.632. The van der Waals surface area contributed by atoms with Crippen LogP contribution in [0.2, 0.25) is 0 Å². The predicted molar refractivity (Wildman–Crippen MR) is 64.7 cm³/mol. The van der Waals surface area contributed by atoms with E-state index < -0.39 is 0 Å². The highest BCUT2D eigenvalue weighted by Gasteiger charge is 2.25. The lowest BCUT2D eigenvalue weighted by Gasteiger charge is -2.15. The first-order chi connectivity index (χ1) is 7.36. The Morgan fingerprint density at radius 2 is 2.07 bits per heavy atom. The number of rotatable bonds is 1. The van der Waals surface area contributed by atoms with Crippen molar-refractivity contribution in [2.45, 2.75) is 19.3 Å². The van der Waals surface area contributed by atoms with Crippen molar-refractivity contribution in [3.8, 4) is 0 Å². The zero-order valence-corrected chi connectivity index (χ0v) is 8.90. The number of hydrogen-bond acceptors (Lipinski definition) is 0. The van der Waals surface area contributed by atoms with Gasteiger partial charge < -0.3 is 0 Å². The van der Waals surface area contributed by atoms with E-state index in [1.807, 2.05) is 0 Å². The highest BCUT2D eigenvalue weighted by atomic mass is 14.3. The van der Waals surface area contributed by atoms with Gasteiger partial charge >= 0.3 is 0 Å². The minimum Gasteiger partial charge on any atom is -0.0804 e. The molecule has 74 valence electrons. The molecule has 0 heteroatoms. The fourth-order valence-electron chi connectivity index (χ4n) is 2.65. The van der Waals surface area contributed by atoms with Crippen molar-refractivity contribution in [2.24, 2.45) is 0 Å². The molecule has 0 bridgehead atoms. The van der Waals surface area contributed by atoms with Crippen LogP contribution in [0.15, 0.2) is 53.6 Å². The van der Waals surface area contributed by atoms with Gasteiger partial charge in [0.15, 0.2) is 0 Å². The number of hydrogen-bond donors (Lipinski definition) is 0. The fraction of sp³-hybridized carbons (Fsp3) is 0.200. The third kappa shape index (κ3) is 1.29. The van der Waals surface area contributed by atoms with E-state index in [4.69, 9.17) is 0 Å². The summed E-state index contributed by atoms with van der Waals surface area (Å²) in [6, 6.07) is 8.72. The van der Waals surface area contributed by atoms with Gasteiger partial charge in [0.2, 0.25) is 0 Å². The SMILES string of the molecule is CC1=Cc2ccccc2C1C1=CC=CC1. The largest absolute Gasteiger partial charge is 0.0804 e. The molecule has 1 aromatic carbocycles. The maximum atomic E-state index is 2.32. The first kappa shape index (κ1) is 8.72. The van der Waals surface area contributed by atoms with Gasteiger partial charge in [-0.2, -0.15) is 0 Å². The molecule has 3 rings (SSSR count). The Bertz CT molecular complexity index is 487. The van der Waals surface area contributed by atoms with E-state index in [1.54, 1.807) is 0 Å². The lowest BCUT2D eigenvalue weighted by Crippen LogP contribution is -1.99. The van der Waals surface area contributed by atoms with Crippen molar-refractivity contribution in [2.75, 3.05) is 0 Å². The molecule has 2 aliphatic carbocycles. The second-order valence-corrected chi connectivity index (χ2v) is 4.32. The minimum absolute atomic E-state index is 0.538. The Kier molecular flexibility index (Phi) is 1.88.